The number of aryl methyl sites for hydroxylation is 1. The molecule has 6 heteroatoms. The molecular weight excluding hydrogens is 438 g/mol. The lowest BCUT2D eigenvalue weighted by Crippen LogP contribution is -2.45. The van der Waals surface area contributed by atoms with Crippen molar-refractivity contribution in [1.82, 2.24) is 4.90 Å². The van der Waals surface area contributed by atoms with Crippen molar-refractivity contribution in [2.75, 3.05) is 0 Å². The quantitative estimate of drug-likeness (QED) is 0.481. The average Bonchev–Trinajstić information content (AvgIpc) is 2.81. The van der Waals surface area contributed by atoms with Gasteiger partial charge in [-0.3, -0.25) is 4.79 Å². The molecule has 3 aromatic rings. The van der Waals surface area contributed by atoms with Gasteiger partial charge in [0, 0.05) is 18.0 Å². The molecule has 4 rings (SSSR count). The number of carboxylic acid groups (broad SMARTS) is 1. The number of hydrogen-bond donors (Lipinski definition) is 1. The number of aromatic carboxylic acids is 1. The molecule has 1 heterocycles. The number of carbonyl (C=O) groups is 2. The number of carbonyl (C=O) groups excluding carboxylic acids is 1. The lowest BCUT2D eigenvalue weighted by Gasteiger charge is -2.41. The molecule has 170 valence electrons. The van der Waals surface area contributed by atoms with Crippen molar-refractivity contribution >= 4 is 23.5 Å². The first-order valence-electron chi connectivity index (χ1n) is 10.9. The summed E-state index contributed by atoms with van der Waals surface area (Å²) < 4.78 is 6.32. The van der Waals surface area contributed by atoms with Crippen LogP contribution in [-0.4, -0.2) is 28.0 Å². The molecule has 0 aliphatic carbocycles. The maximum absolute atomic E-state index is 13.0. The maximum Gasteiger partial charge on any atom is 0.335 e. The summed E-state index contributed by atoms with van der Waals surface area (Å²) in [6.07, 6.45) is 0.724. The highest BCUT2D eigenvalue weighted by Gasteiger charge is 2.37. The van der Waals surface area contributed by atoms with E-state index in [0.717, 1.165) is 16.7 Å². The molecule has 5 nitrogen and oxygen atoms in total. The number of amides is 1. The summed E-state index contributed by atoms with van der Waals surface area (Å²) in [6, 6.07) is 22.2. The van der Waals surface area contributed by atoms with Crippen LogP contribution in [0.25, 0.3) is 0 Å². The van der Waals surface area contributed by atoms with Gasteiger partial charge in [0.15, 0.2) is 0 Å². The van der Waals surface area contributed by atoms with Crippen molar-refractivity contribution in [3.05, 3.63) is 106 Å². The van der Waals surface area contributed by atoms with Crippen molar-refractivity contribution in [3.8, 4) is 0 Å². The number of ether oxygens (including phenoxy) is 1. The number of carboxylic acids is 1. The molecule has 0 radical (unpaired) electrons. The molecule has 1 fully saturated rings. The van der Waals surface area contributed by atoms with Gasteiger partial charge in [-0.1, -0.05) is 65.7 Å². The van der Waals surface area contributed by atoms with Crippen LogP contribution >= 0.6 is 11.6 Å². The van der Waals surface area contributed by atoms with E-state index in [0.29, 0.717) is 24.4 Å². The number of halogens is 1. The van der Waals surface area contributed by atoms with Gasteiger partial charge in [-0.25, -0.2) is 4.79 Å². The van der Waals surface area contributed by atoms with Gasteiger partial charge in [0.05, 0.1) is 24.3 Å². The second-order valence-electron chi connectivity index (χ2n) is 8.40. The number of piperidine rings is 1. The van der Waals surface area contributed by atoms with Gasteiger partial charge >= 0.3 is 5.97 Å². The van der Waals surface area contributed by atoms with Gasteiger partial charge in [-0.05, 0) is 54.3 Å². The summed E-state index contributed by atoms with van der Waals surface area (Å²) in [5.74, 6) is -0.894. The number of nitrogens with zero attached hydrogens (tertiary/aromatic N) is 1. The summed E-state index contributed by atoms with van der Waals surface area (Å²) in [5, 5.41) is 9.87. The molecule has 1 aliphatic heterocycles. The van der Waals surface area contributed by atoms with Crippen LogP contribution in [0, 0.1) is 6.92 Å². The molecule has 1 amide bonds. The van der Waals surface area contributed by atoms with Crippen molar-refractivity contribution in [3.63, 3.8) is 0 Å². The smallest absolute Gasteiger partial charge is 0.335 e. The van der Waals surface area contributed by atoms with Crippen LogP contribution in [0.2, 0.25) is 5.02 Å². The SMILES string of the molecule is Cc1ccc(CN2C(=O)CC[C@H](OCc3cccc(C(=O)O)c3)[C@H]2c2cccc(Cl)c2)cc1. The lowest BCUT2D eigenvalue weighted by molar-refractivity contribution is -0.147. The molecule has 0 unspecified atom stereocenters. The molecule has 0 saturated carbocycles. The van der Waals surface area contributed by atoms with Crippen LogP contribution in [0.5, 0.6) is 0 Å². The fraction of sp³-hybridized carbons (Fsp3) is 0.259. The molecule has 33 heavy (non-hydrogen) atoms. The fourth-order valence-corrected chi connectivity index (χ4v) is 4.46. The van der Waals surface area contributed by atoms with Crippen LogP contribution < -0.4 is 0 Å². The summed E-state index contributed by atoms with van der Waals surface area (Å²) in [5.41, 5.74) is 4.15. The van der Waals surface area contributed by atoms with Gasteiger partial charge in [0.1, 0.15) is 0 Å². The Labute approximate surface area is 198 Å². The predicted octanol–water partition coefficient (Wildman–Crippen LogP) is 5.80. The summed E-state index contributed by atoms with van der Waals surface area (Å²) in [6.45, 7) is 2.77. The third-order valence-corrected chi connectivity index (χ3v) is 6.19. The summed E-state index contributed by atoms with van der Waals surface area (Å²) in [4.78, 5) is 26.2. The third kappa shape index (κ3) is 5.62. The molecule has 2 atom stereocenters. The van der Waals surface area contributed by atoms with Crippen molar-refractivity contribution < 1.29 is 19.4 Å². The van der Waals surface area contributed by atoms with Crippen LogP contribution in [0.1, 0.15) is 51.5 Å². The van der Waals surface area contributed by atoms with E-state index in [4.69, 9.17) is 16.3 Å². The Bertz CT molecular complexity index is 1140. The van der Waals surface area contributed by atoms with E-state index in [1.54, 1.807) is 18.2 Å². The van der Waals surface area contributed by atoms with Crippen LogP contribution in [0.15, 0.2) is 72.8 Å². The number of likely N-dealkylation sites (tertiary alicyclic amines) is 1. The summed E-state index contributed by atoms with van der Waals surface area (Å²) in [7, 11) is 0. The number of benzene rings is 3. The monoisotopic (exact) mass is 463 g/mol. The van der Waals surface area contributed by atoms with Gasteiger partial charge in [0.25, 0.3) is 0 Å². The van der Waals surface area contributed by atoms with Gasteiger partial charge in [-0.2, -0.15) is 0 Å². The summed E-state index contributed by atoms with van der Waals surface area (Å²) >= 11 is 6.29. The Morgan fingerprint density at radius 3 is 2.55 bits per heavy atom. The molecular formula is C27H26ClNO4. The zero-order chi connectivity index (χ0) is 23.4. The van der Waals surface area contributed by atoms with Crippen molar-refractivity contribution in [2.45, 2.75) is 45.1 Å². The second-order valence-corrected chi connectivity index (χ2v) is 8.84. The Kier molecular flexibility index (Phi) is 7.11. The molecule has 0 aromatic heterocycles. The predicted molar refractivity (Wildman–Crippen MR) is 127 cm³/mol. The van der Waals surface area contributed by atoms with Crippen molar-refractivity contribution in [1.29, 1.82) is 0 Å². The average molecular weight is 464 g/mol. The number of hydrogen-bond acceptors (Lipinski definition) is 3. The molecule has 0 bridgehead atoms. The van der Waals surface area contributed by atoms with E-state index in [1.165, 1.54) is 5.56 Å². The molecule has 1 saturated heterocycles. The second kappa shape index (κ2) is 10.2. The highest BCUT2D eigenvalue weighted by molar-refractivity contribution is 6.30. The topological polar surface area (TPSA) is 66.8 Å². The van der Waals surface area contributed by atoms with Crippen molar-refractivity contribution in [2.24, 2.45) is 0 Å². The maximum atomic E-state index is 13.0. The Balaban J connectivity index is 1.61. The lowest BCUT2D eigenvalue weighted by atomic mass is 9.91. The minimum atomic E-state index is -0.971. The van der Waals surface area contributed by atoms with Gasteiger partial charge < -0.3 is 14.7 Å². The van der Waals surface area contributed by atoms with E-state index < -0.39 is 5.97 Å². The van der Waals surface area contributed by atoms with Crippen LogP contribution in [0.4, 0.5) is 0 Å². The minimum absolute atomic E-state index is 0.0771. The fourth-order valence-electron chi connectivity index (χ4n) is 4.26. The normalized spacial score (nSPS) is 18.4. The van der Waals surface area contributed by atoms with E-state index >= 15 is 0 Å². The van der Waals surface area contributed by atoms with E-state index in [9.17, 15) is 14.7 Å². The first kappa shape index (κ1) is 23.0. The largest absolute Gasteiger partial charge is 0.478 e. The van der Waals surface area contributed by atoms with E-state index in [-0.39, 0.29) is 30.2 Å². The van der Waals surface area contributed by atoms with Crippen LogP contribution in [0.3, 0.4) is 0 Å². The third-order valence-electron chi connectivity index (χ3n) is 5.95. The van der Waals surface area contributed by atoms with E-state index in [1.807, 2.05) is 66.4 Å². The Hall–Kier alpha value is -3.15. The Morgan fingerprint density at radius 2 is 1.82 bits per heavy atom. The first-order valence-corrected chi connectivity index (χ1v) is 11.3. The van der Waals surface area contributed by atoms with Crippen LogP contribution in [-0.2, 0) is 22.7 Å². The highest BCUT2D eigenvalue weighted by Crippen LogP contribution is 2.36. The zero-order valence-corrected chi connectivity index (χ0v) is 19.2. The highest BCUT2D eigenvalue weighted by atomic mass is 35.5. The minimum Gasteiger partial charge on any atom is -0.478 e. The molecule has 1 N–H and O–H groups in total. The zero-order valence-electron chi connectivity index (χ0n) is 18.4. The Morgan fingerprint density at radius 1 is 1.06 bits per heavy atom. The standard InChI is InChI=1S/C27H26ClNO4/c1-18-8-10-19(11-9-18)16-29-25(30)13-12-24(26(29)21-5-3-7-23(28)15-21)33-17-20-4-2-6-22(14-20)27(31)32/h2-11,14-15,24,26H,12-13,16-17H2,1H3,(H,31,32)/t24-,26+/m0/s1. The molecule has 1 aliphatic rings. The molecule has 0 spiro atoms. The van der Waals surface area contributed by atoms with Gasteiger partial charge in [-0.15, -0.1) is 0 Å². The first-order chi connectivity index (χ1) is 15.9. The van der Waals surface area contributed by atoms with E-state index in [2.05, 4.69) is 0 Å². The molecule has 3 aromatic carbocycles. The van der Waals surface area contributed by atoms with Gasteiger partial charge in [0.2, 0.25) is 5.91 Å². The number of rotatable bonds is 7.